The van der Waals surface area contributed by atoms with Crippen LogP contribution in [0.5, 0.6) is 0 Å². The number of carbonyl (C=O) groups is 1. The number of carbonyl (C=O) groups excluding carboxylic acids is 1. The summed E-state index contributed by atoms with van der Waals surface area (Å²) < 4.78 is 26.6. The Balaban J connectivity index is 1.27. The van der Waals surface area contributed by atoms with Gasteiger partial charge < -0.3 is 10.6 Å². The van der Waals surface area contributed by atoms with Crippen molar-refractivity contribution in [2.45, 2.75) is 13.1 Å². The van der Waals surface area contributed by atoms with Gasteiger partial charge in [-0.1, -0.05) is 12.1 Å². The maximum Gasteiger partial charge on any atom is 0.255 e. The molecular weight excluding hydrogens is 510 g/mol. The van der Waals surface area contributed by atoms with E-state index in [-0.39, 0.29) is 12.5 Å². The average Bonchev–Trinajstić information content (AvgIpc) is 3.42. The van der Waals surface area contributed by atoms with Crippen molar-refractivity contribution >= 4 is 39.8 Å². The quantitative estimate of drug-likeness (QED) is 0.214. The Morgan fingerprint density at radius 3 is 2.68 bits per heavy atom. The molecule has 192 valence electrons. The third-order valence-electron chi connectivity index (χ3n) is 5.70. The summed E-state index contributed by atoms with van der Waals surface area (Å²) in [7, 11) is 1.53. The van der Waals surface area contributed by atoms with Gasteiger partial charge in [0.15, 0.2) is 17.5 Å². The van der Waals surface area contributed by atoms with Crippen LogP contribution in [0.15, 0.2) is 73.2 Å². The van der Waals surface area contributed by atoms with Crippen LogP contribution in [0.25, 0.3) is 21.3 Å². The summed E-state index contributed by atoms with van der Waals surface area (Å²) in [5.74, 6) is -1.26. The SMILES string of the molecule is CONc1ncnc2ccc(-c3ccc(CNc4ncccc4C(=O)NCc4ccc(F)c(F)c4)s3)cc12. The minimum Gasteiger partial charge on any atom is -0.365 e. The molecule has 0 fully saturated rings. The van der Waals surface area contributed by atoms with Crippen LogP contribution in [0.2, 0.25) is 0 Å². The summed E-state index contributed by atoms with van der Waals surface area (Å²) in [6.45, 7) is 0.509. The number of hydrogen-bond donors (Lipinski definition) is 3. The molecule has 0 aliphatic heterocycles. The molecule has 2 aromatic carbocycles. The lowest BCUT2D eigenvalue weighted by Gasteiger charge is -2.11. The smallest absolute Gasteiger partial charge is 0.255 e. The van der Waals surface area contributed by atoms with Gasteiger partial charge in [0.2, 0.25) is 0 Å². The van der Waals surface area contributed by atoms with Crippen molar-refractivity contribution in [1.82, 2.24) is 20.3 Å². The number of amides is 1. The zero-order valence-corrected chi connectivity index (χ0v) is 21.0. The number of hydrogen-bond acceptors (Lipinski definition) is 8. The minimum absolute atomic E-state index is 0.0526. The molecule has 3 heterocycles. The zero-order chi connectivity index (χ0) is 26.5. The van der Waals surface area contributed by atoms with E-state index in [1.807, 2.05) is 30.3 Å². The first kappa shape index (κ1) is 25.2. The Hall–Kier alpha value is -4.48. The molecule has 0 spiro atoms. The summed E-state index contributed by atoms with van der Waals surface area (Å²) >= 11 is 1.61. The molecule has 3 N–H and O–H groups in total. The maximum atomic E-state index is 13.5. The van der Waals surface area contributed by atoms with Crippen molar-refractivity contribution in [2.24, 2.45) is 0 Å². The van der Waals surface area contributed by atoms with E-state index < -0.39 is 11.6 Å². The van der Waals surface area contributed by atoms with Crippen molar-refractivity contribution in [3.8, 4) is 10.4 Å². The van der Waals surface area contributed by atoms with Crippen LogP contribution in [0.3, 0.4) is 0 Å². The maximum absolute atomic E-state index is 13.5. The van der Waals surface area contributed by atoms with Gasteiger partial charge in [-0.25, -0.2) is 29.2 Å². The summed E-state index contributed by atoms with van der Waals surface area (Å²) in [6.07, 6.45) is 3.07. The van der Waals surface area contributed by atoms with E-state index in [1.165, 1.54) is 19.5 Å². The predicted octanol–water partition coefficient (Wildman–Crippen LogP) is 5.55. The number of pyridine rings is 1. The first-order valence-electron chi connectivity index (χ1n) is 11.6. The van der Waals surface area contributed by atoms with Crippen molar-refractivity contribution < 1.29 is 18.4 Å². The Labute approximate surface area is 220 Å². The highest BCUT2D eigenvalue weighted by Gasteiger charge is 2.14. The van der Waals surface area contributed by atoms with Crippen LogP contribution in [-0.4, -0.2) is 28.0 Å². The standard InChI is InChI=1S/C27H22F2N6O2S/c1-37-35-26-20-12-17(5-8-23(20)33-15-34-26)24-9-6-18(38-24)14-31-25-19(3-2-10-30-25)27(36)32-13-16-4-7-21(28)22(29)11-16/h2-12,15H,13-14H2,1H3,(H,30,31)(H,32,36)(H,33,34,35). The molecular formula is C27H22F2N6O2S. The Bertz CT molecular complexity index is 1610. The average molecular weight is 533 g/mol. The van der Waals surface area contributed by atoms with Gasteiger partial charge in [-0.05, 0) is 59.7 Å². The largest absolute Gasteiger partial charge is 0.365 e. The first-order chi connectivity index (χ1) is 18.5. The van der Waals surface area contributed by atoms with E-state index in [0.29, 0.717) is 29.3 Å². The molecule has 0 radical (unpaired) electrons. The number of halogens is 2. The van der Waals surface area contributed by atoms with Crippen LogP contribution in [0.4, 0.5) is 20.4 Å². The fourth-order valence-electron chi connectivity index (χ4n) is 3.84. The van der Waals surface area contributed by atoms with Crippen LogP contribution < -0.4 is 16.1 Å². The van der Waals surface area contributed by atoms with Crippen LogP contribution in [-0.2, 0) is 17.9 Å². The molecule has 0 unspecified atom stereocenters. The molecule has 0 saturated carbocycles. The molecule has 5 rings (SSSR count). The van der Waals surface area contributed by atoms with Crippen molar-refractivity contribution in [2.75, 3.05) is 17.9 Å². The number of nitrogens with zero attached hydrogens (tertiary/aromatic N) is 3. The van der Waals surface area contributed by atoms with Gasteiger partial charge in [0.25, 0.3) is 5.91 Å². The van der Waals surface area contributed by atoms with Gasteiger partial charge in [0.05, 0.1) is 24.7 Å². The molecule has 1 amide bonds. The third-order valence-corrected chi connectivity index (χ3v) is 6.83. The van der Waals surface area contributed by atoms with Crippen molar-refractivity contribution in [3.63, 3.8) is 0 Å². The highest BCUT2D eigenvalue weighted by atomic mass is 32.1. The van der Waals surface area contributed by atoms with Crippen LogP contribution >= 0.6 is 11.3 Å². The van der Waals surface area contributed by atoms with Crippen LogP contribution in [0.1, 0.15) is 20.8 Å². The number of nitrogens with one attached hydrogen (secondary N) is 3. The third kappa shape index (κ3) is 5.58. The summed E-state index contributed by atoms with van der Waals surface area (Å²) in [6, 6.07) is 16.8. The van der Waals surface area contributed by atoms with Gasteiger partial charge >= 0.3 is 0 Å². The van der Waals surface area contributed by atoms with Gasteiger partial charge in [-0.2, -0.15) is 0 Å². The molecule has 0 aliphatic carbocycles. The summed E-state index contributed by atoms with van der Waals surface area (Å²) in [5, 5.41) is 6.79. The molecule has 0 atom stereocenters. The Morgan fingerprint density at radius 2 is 1.84 bits per heavy atom. The number of rotatable bonds is 9. The van der Waals surface area contributed by atoms with Crippen molar-refractivity contribution in [1.29, 1.82) is 0 Å². The van der Waals surface area contributed by atoms with E-state index in [9.17, 15) is 13.6 Å². The minimum atomic E-state index is -0.958. The number of anilines is 2. The zero-order valence-electron chi connectivity index (χ0n) is 20.2. The molecule has 0 aliphatic rings. The molecule has 11 heteroatoms. The summed E-state index contributed by atoms with van der Waals surface area (Å²) in [5.41, 5.74) is 5.39. The van der Waals surface area contributed by atoms with Crippen molar-refractivity contribution in [3.05, 3.63) is 101 Å². The van der Waals surface area contributed by atoms with Gasteiger partial charge in [0, 0.05) is 27.9 Å². The first-order valence-corrected chi connectivity index (χ1v) is 12.4. The highest BCUT2D eigenvalue weighted by molar-refractivity contribution is 7.15. The number of benzene rings is 2. The summed E-state index contributed by atoms with van der Waals surface area (Å²) in [4.78, 5) is 32.8. The number of aromatic nitrogens is 3. The lowest BCUT2D eigenvalue weighted by atomic mass is 10.1. The van der Waals surface area contributed by atoms with Gasteiger partial charge in [-0.3, -0.25) is 9.63 Å². The van der Waals surface area contributed by atoms with E-state index in [2.05, 4.69) is 31.1 Å². The lowest BCUT2D eigenvalue weighted by molar-refractivity contribution is 0.0951. The molecule has 0 bridgehead atoms. The second-order valence-corrected chi connectivity index (χ2v) is 9.38. The van der Waals surface area contributed by atoms with Crippen LogP contribution in [0, 0.1) is 11.6 Å². The van der Waals surface area contributed by atoms with E-state index >= 15 is 0 Å². The highest BCUT2D eigenvalue weighted by Crippen LogP contribution is 2.32. The van der Waals surface area contributed by atoms with E-state index in [4.69, 9.17) is 4.84 Å². The van der Waals surface area contributed by atoms with Gasteiger partial charge in [0.1, 0.15) is 12.1 Å². The van der Waals surface area contributed by atoms with Gasteiger partial charge in [-0.15, -0.1) is 11.3 Å². The molecule has 5 aromatic rings. The normalized spacial score (nSPS) is 10.9. The monoisotopic (exact) mass is 532 g/mol. The number of fused-ring (bicyclic) bond motifs is 1. The molecule has 3 aromatic heterocycles. The fourth-order valence-corrected chi connectivity index (χ4v) is 4.79. The Morgan fingerprint density at radius 1 is 0.947 bits per heavy atom. The molecule has 8 nitrogen and oxygen atoms in total. The fraction of sp³-hybridized carbons (Fsp3) is 0.111. The van der Waals surface area contributed by atoms with E-state index in [1.54, 1.807) is 29.7 Å². The second kappa shape index (κ2) is 11.3. The second-order valence-electron chi connectivity index (χ2n) is 8.21. The molecule has 0 saturated heterocycles. The van der Waals surface area contributed by atoms with E-state index in [0.717, 1.165) is 38.4 Å². The number of thiophene rings is 1. The topological polar surface area (TPSA) is 101 Å². The predicted molar refractivity (Wildman–Crippen MR) is 143 cm³/mol. The lowest BCUT2D eigenvalue weighted by Crippen LogP contribution is -2.24. The molecule has 38 heavy (non-hydrogen) atoms. The Kier molecular flexibility index (Phi) is 7.47.